The van der Waals surface area contributed by atoms with E-state index in [1.165, 1.54) is 18.4 Å². The fourth-order valence-corrected chi connectivity index (χ4v) is 8.81. The van der Waals surface area contributed by atoms with E-state index in [-0.39, 0.29) is 47.4 Å². The zero-order valence-electron chi connectivity index (χ0n) is 20.1. The number of furan rings is 1. The number of esters is 1. The number of ether oxygens (including phenoxy) is 1. The van der Waals surface area contributed by atoms with E-state index in [0.717, 1.165) is 5.57 Å². The van der Waals surface area contributed by atoms with E-state index >= 15 is 0 Å². The molecule has 0 amide bonds. The maximum Gasteiger partial charge on any atom is 0.375 e. The van der Waals surface area contributed by atoms with Crippen LogP contribution in [0.25, 0.3) is 0 Å². The van der Waals surface area contributed by atoms with Crippen LogP contribution in [0.4, 0.5) is 0 Å². The molecule has 1 N–H and O–H groups in total. The molecule has 0 spiro atoms. The highest BCUT2D eigenvalue weighted by Gasteiger charge is 2.76. The van der Waals surface area contributed by atoms with Crippen LogP contribution < -0.4 is 0 Å². The summed E-state index contributed by atoms with van der Waals surface area (Å²) in [5, 5.41) is 11.8. The van der Waals surface area contributed by atoms with Crippen LogP contribution in [-0.2, 0) is 14.3 Å². The molecule has 0 bridgehead atoms. The molecule has 1 heterocycles. The maximum atomic E-state index is 13.6. The van der Waals surface area contributed by atoms with Gasteiger partial charge in [0.2, 0.25) is 5.76 Å². The molecule has 4 aliphatic rings. The first-order valence-electron chi connectivity index (χ1n) is 12.1. The standard InChI is InChI=1S/C27H30Cl2O6/c1-15-11-19-18-7-6-16-12-17(30)8-9-24(16,2)26(18,29)21(31)13-25(19,3)27(15,22(32)14-28)35-23(33)20-5-4-10-34-20/h4-5,8-10,12,15,18-19,21,31H,6-7,11,13-14H2,1-3H3/t15-,18-,19+,21-,24+,25+,26+,27+/m1/s1. The van der Waals surface area contributed by atoms with Gasteiger partial charge in [0.1, 0.15) is 0 Å². The van der Waals surface area contributed by atoms with E-state index in [2.05, 4.69) is 0 Å². The van der Waals surface area contributed by atoms with Gasteiger partial charge in [-0.15, -0.1) is 23.2 Å². The molecule has 35 heavy (non-hydrogen) atoms. The number of rotatable bonds is 4. The first-order valence-corrected chi connectivity index (χ1v) is 13.0. The molecule has 8 heteroatoms. The van der Waals surface area contributed by atoms with Gasteiger partial charge in [-0.1, -0.05) is 32.4 Å². The second kappa shape index (κ2) is 8.06. The predicted octanol–water partition coefficient (Wildman–Crippen LogP) is 4.87. The van der Waals surface area contributed by atoms with Gasteiger partial charge < -0.3 is 14.3 Å². The van der Waals surface area contributed by atoms with Gasteiger partial charge >= 0.3 is 5.97 Å². The van der Waals surface area contributed by atoms with Crippen LogP contribution >= 0.6 is 23.2 Å². The zero-order chi connectivity index (χ0) is 25.4. The van der Waals surface area contributed by atoms with Gasteiger partial charge in [0.25, 0.3) is 0 Å². The third kappa shape index (κ3) is 3.02. The van der Waals surface area contributed by atoms with Crippen molar-refractivity contribution in [3.63, 3.8) is 0 Å². The highest BCUT2D eigenvalue weighted by atomic mass is 35.5. The Kier molecular flexibility index (Phi) is 5.71. The summed E-state index contributed by atoms with van der Waals surface area (Å²) in [5.74, 6) is -2.12. The van der Waals surface area contributed by atoms with Gasteiger partial charge in [0, 0.05) is 16.7 Å². The number of allylic oxidation sites excluding steroid dienone is 4. The number of carbonyl (C=O) groups excluding carboxylic acids is 3. The fourth-order valence-electron chi connectivity index (χ4n) is 8.09. The number of carbonyl (C=O) groups is 3. The Bertz CT molecular complexity index is 1140. The number of fused-ring (bicyclic) bond motifs is 5. The summed E-state index contributed by atoms with van der Waals surface area (Å²) in [6.45, 7) is 5.81. The lowest BCUT2D eigenvalue weighted by Crippen LogP contribution is -2.69. The number of ketones is 2. The summed E-state index contributed by atoms with van der Waals surface area (Å²) in [7, 11) is 0. The largest absolute Gasteiger partial charge is 0.457 e. The van der Waals surface area contributed by atoms with E-state index in [9.17, 15) is 19.5 Å². The smallest absolute Gasteiger partial charge is 0.375 e. The monoisotopic (exact) mass is 520 g/mol. The van der Waals surface area contributed by atoms with E-state index in [4.69, 9.17) is 32.4 Å². The van der Waals surface area contributed by atoms with Gasteiger partial charge in [-0.05, 0) is 61.8 Å². The number of hydrogen-bond acceptors (Lipinski definition) is 6. The molecule has 1 aromatic rings. The second-order valence-corrected chi connectivity index (χ2v) is 12.0. The topological polar surface area (TPSA) is 93.8 Å². The molecule has 0 aliphatic heterocycles. The van der Waals surface area contributed by atoms with Gasteiger partial charge in [-0.2, -0.15) is 0 Å². The lowest BCUT2D eigenvalue weighted by Gasteiger charge is -2.64. The lowest BCUT2D eigenvalue weighted by molar-refractivity contribution is -0.177. The number of aliphatic hydroxyl groups is 1. The van der Waals surface area contributed by atoms with Crippen LogP contribution in [0, 0.1) is 28.6 Å². The summed E-state index contributed by atoms with van der Waals surface area (Å²) in [6, 6.07) is 3.07. The summed E-state index contributed by atoms with van der Waals surface area (Å²) in [5.41, 5.74) is -2.20. The summed E-state index contributed by atoms with van der Waals surface area (Å²) < 4.78 is 11.3. The molecule has 188 valence electrons. The van der Waals surface area contributed by atoms with Crippen LogP contribution in [0.5, 0.6) is 0 Å². The van der Waals surface area contributed by atoms with Gasteiger partial charge in [-0.3, -0.25) is 9.59 Å². The maximum absolute atomic E-state index is 13.6. The highest BCUT2D eigenvalue weighted by molar-refractivity contribution is 6.29. The quantitative estimate of drug-likeness (QED) is 0.449. The number of alkyl halides is 2. The van der Waals surface area contributed by atoms with E-state index in [1.54, 1.807) is 12.1 Å². The Hall–Kier alpha value is -1.89. The summed E-state index contributed by atoms with van der Waals surface area (Å²) >= 11 is 13.6. The van der Waals surface area contributed by atoms with Crippen LogP contribution in [-0.4, -0.2) is 45.1 Å². The van der Waals surface area contributed by atoms with Crippen molar-refractivity contribution >= 4 is 40.7 Å². The predicted molar refractivity (Wildman–Crippen MR) is 130 cm³/mol. The number of Topliss-reactive ketones (excluding diaryl/α,β-unsaturated/α-hetero) is 1. The number of aliphatic hydroxyl groups excluding tert-OH is 1. The molecule has 4 aliphatic carbocycles. The van der Waals surface area contributed by atoms with Crippen LogP contribution in [0.1, 0.15) is 57.0 Å². The molecule has 0 aromatic carbocycles. The van der Waals surface area contributed by atoms with Gasteiger partial charge in [-0.25, -0.2) is 4.79 Å². The van der Waals surface area contributed by atoms with Crippen molar-refractivity contribution < 1.29 is 28.6 Å². The average Bonchev–Trinajstić information content (AvgIpc) is 3.42. The normalized spacial score (nSPS) is 44.2. The Labute approximate surface area is 214 Å². The highest BCUT2D eigenvalue weighted by Crippen LogP contribution is 2.72. The first kappa shape index (κ1) is 24.8. The minimum atomic E-state index is -1.53. The molecule has 0 saturated heterocycles. The van der Waals surface area contributed by atoms with Crippen molar-refractivity contribution in [2.45, 2.75) is 63.0 Å². The molecule has 6 nitrogen and oxygen atoms in total. The molecular weight excluding hydrogens is 491 g/mol. The molecule has 1 aromatic heterocycles. The van der Waals surface area contributed by atoms with E-state index < -0.39 is 33.4 Å². The molecular formula is C27H30Cl2O6. The Morgan fingerprint density at radius 2 is 2.03 bits per heavy atom. The number of halogens is 2. The minimum absolute atomic E-state index is 0.00557. The van der Waals surface area contributed by atoms with Crippen molar-refractivity contribution in [3.8, 4) is 0 Å². The number of hydrogen-bond donors (Lipinski definition) is 1. The van der Waals surface area contributed by atoms with Crippen LogP contribution in [0.2, 0.25) is 0 Å². The molecule has 5 rings (SSSR count). The molecule has 0 unspecified atom stereocenters. The molecule has 3 fully saturated rings. The van der Waals surface area contributed by atoms with Crippen molar-refractivity contribution in [2.24, 2.45) is 28.6 Å². The molecule has 8 atom stereocenters. The van der Waals surface area contributed by atoms with Gasteiger partial charge in [0.15, 0.2) is 17.2 Å². The fraction of sp³-hybridized carbons (Fsp3) is 0.593. The zero-order valence-corrected chi connectivity index (χ0v) is 21.6. The van der Waals surface area contributed by atoms with Crippen LogP contribution in [0.3, 0.4) is 0 Å². The average molecular weight is 521 g/mol. The third-order valence-corrected chi connectivity index (χ3v) is 10.9. The van der Waals surface area contributed by atoms with E-state index in [1.807, 2.05) is 26.8 Å². The Morgan fingerprint density at radius 1 is 1.29 bits per heavy atom. The lowest BCUT2D eigenvalue weighted by atomic mass is 9.45. The third-order valence-electron chi connectivity index (χ3n) is 9.69. The first-order chi connectivity index (χ1) is 16.5. The van der Waals surface area contributed by atoms with Crippen molar-refractivity contribution in [1.29, 1.82) is 0 Å². The van der Waals surface area contributed by atoms with Crippen molar-refractivity contribution in [1.82, 2.24) is 0 Å². The summed E-state index contributed by atoms with van der Waals surface area (Å²) in [4.78, 5) is 37.7. The van der Waals surface area contributed by atoms with Gasteiger partial charge in [0.05, 0.1) is 23.1 Å². The van der Waals surface area contributed by atoms with Crippen LogP contribution in [0.15, 0.2) is 46.6 Å². The summed E-state index contributed by atoms with van der Waals surface area (Å²) in [6.07, 6.45) is 7.44. The van der Waals surface area contributed by atoms with Crippen molar-refractivity contribution in [3.05, 3.63) is 48.0 Å². The molecule has 0 radical (unpaired) electrons. The van der Waals surface area contributed by atoms with E-state index in [0.29, 0.717) is 19.3 Å². The Morgan fingerprint density at radius 3 is 2.69 bits per heavy atom. The molecule has 3 saturated carbocycles. The SMILES string of the molecule is C[C@@H]1C[C@H]2[C@H]3CCC4=CC(=O)C=C[C@]4(C)[C@@]3(Cl)[C@H](O)C[C@]2(C)[C@@]1(OC(=O)c1ccco1)C(=O)CCl. The Balaban J connectivity index is 1.61. The second-order valence-electron chi connectivity index (χ2n) is 11.1. The van der Waals surface area contributed by atoms with Crippen molar-refractivity contribution in [2.75, 3.05) is 5.88 Å². The minimum Gasteiger partial charge on any atom is -0.457 e.